The zero-order chi connectivity index (χ0) is 10.9. The van der Waals surface area contributed by atoms with Gasteiger partial charge in [-0.1, -0.05) is 6.92 Å². The number of aliphatic imine (C=N–C) groups is 1. The molecule has 0 aromatic rings. The summed E-state index contributed by atoms with van der Waals surface area (Å²) in [4.78, 5) is 14.4. The third kappa shape index (κ3) is 1.77. The number of amides is 1. The second-order valence-electron chi connectivity index (χ2n) is 3.37. The minimum atomic E-state index is -1.25. The Balaban J connectivity index is 2.82. The molecule has 0 aromatic heterocycles. The van der Waals surface area contributed by atoms with Gasteiger partial charge in [-0.3, -0.25) is 9.79 Å². The lowest BCUT2D eigenvalue weighted by Crippen LogP contribution is -2.56. The van der Waals surface area contributed by atoms with E-state index < -0.39 is 36.4 Å². The number of aliphatic hydroxyl groups is 2. The summed E-state index contributed by atoms with van der Waals surface area (Å²) in [5.74, 6) is -1.22. The monoisotopic (exact) mass is 202 g/mol. The third-order valence-electron chi connectivity index (χ3n) is 2.46. The van der Waals surface area contributed by atoms with Crippen LogP contribution in [0.15, 0.2) is 4.99 Å². The molecule has 0 spiro atoms. The highest BCUT2D eigenvalue weighted by Gasteiger charge is 2.44. The van der Waals surface area contributed by atoms with Crippen LogP contribution in [-0.4, -0.2) is 47.4 Å². The Morgan fingerprint density at radius 1 is 1.57 bits per heavy atom. The molecule has 14 heavy (non-hydrogen) atoms. The number of ether oxygens (including phenoxy) is 1. The highest BCUT2D eigenvalue weighted by Crippen LogP contribution is 2.26. The molecule has 1 fully saturated rings. The molecule has 5 atom stereocenters. The molecule has 4 N–H and O–H groups in total. The second kappa shape index (κ2) is 4.04. The molecule has 1 amide bonds. The molecule has 0 saturated carbocycles. The topological polar surface area (TPSA) is 105 Å². The predicted octanol–water partition coefficient (Wildman–Crippen LogP) is -1.74. The number of rotatable bonds is 2. The maximum absolute atomic E-state index is 10.8. The lowest BCUT2D eigenvalue weighted by Gasteiger charge is -2.38. The standard InChI is InChI=1S/C8H14N2O4/c1-3-4(10-2)8(13)14-6(5(3)11)7(9)12/h3-6,8,11,13H,2H2,1H3,(H2,9,12). The molecule has 1 aliphatic heterocycles. The van der Waals surface area contributed by atoms with Gasteiger partial charge >= 0.3 is 0 Å². The lowest BCUT2D eigenvalue weighted by atomic mass is 9.89. The lowest BCUT2D eigenvalue weighted by molar-refractivity contribution is -0.221. The number of carbonyl (C=O) groups excluding carboxylic acids is 1. The molecule has 1 aliphatic rings. The summed E-state index contributed by atoms with van der Waals surface area (Å²) in [6, 6.07) is -0.638. The first-order chi connectivity index (χ1) is 6.49. The largest absolute Gasteiger partial charge is 0.389 e. The third-order valence-corrected chi connectivity index (χ3v) is 2.46. The normalized spacial score (nSPS) is 43.2. The number of nitrogens with zero attached hydrogens (tertiary/aromatic N) is 1. The molecule has 1 rings (SSSR count). The van der Waals surface area contributed by atoms with E-state index in [0.717, 1.165) is 0 Å². The number of nitrogens with two attached hydrogens (primary N) is 1. The van der Waals surface area contributed by atoms with Gasteiger partial charge < -0.3 is 20.7 Å². The van der Waals surface area contributed by atoms with Gasteiger partial charge in [0.1, 0.15) is 6.04 Å². The van der Waals surface area contributed by atoms with Crippen LogP contribution in [0.3, 0.4) is 0 Å². The molecule has 1 saturated heterocycles. The van der Waals surface area contributed by atoms with E-state index in [1.54, 1.807) is 6.92 Å². The first-order valence-corrected chi connectivity index (χ1v) is 4.25. The Labute approximate surface area is 81.4 Å². The number of aliphatic hydroxyl groups excluding tert-OH is 2. The Kier molecular flexibility index (Phi) is 3.20. The van der Waals surface area contributed by atoms with E-state index in [9.17, 15) is 15.0 Å². The summed E-state index contributed by atoms with van der Waals surface area (Å²) in [6.07, 6.45) is -3.49. The highest BCUT2D eigenvalue weighted by molar-refractivity contribution is 5.79. The summed E-state index contributed by atoms with van der Waals surface area (Å²) in [5.41, 5.74) is 4.99. The quantitative estimate of drug-likeness (QED) is 0.462. The fourth-order valence-electron chi connectivity index (χ4n) is 1.54. The summed E-state index contributed by atoms with van der Waals surface area (Å²) in [5, 5.41) is 19.0. The maximum atomic E-state index is 10.8. The molecular weight excluding hydrogens is 188 g/mol. The Hall–Kier alpha value is -0.980. The predicted molar refractivity (Wildman–Crippen MR) is 48.6 cm³/mol. The molecule has 1 heterocycles. The van der Waals surface area contributed by atoms with Gasteiger partial charge in [0, 0.05) is 5.92 Å². The van der Waals surface area contributed by atoms with Gasteiger partial charge in [0.15, 0.2) is 12.4 Å². The SMILES string of the molecule is C=NC1C(O)OC(C(N)=O)C(O)C1C. The van der Waals surface area contributed by atoms with Crippen molar-refractivity contribution in [2.24, 2.45) is 16.6 Å². The van der Waals surface area contributed by atoms with Crippen LogP contribution in [0.1, 0.15) is 6.92 Å². The van der Waals surface area contributed by atoms with Gasteiger partial charge in [-0.2, -0.15) is 0 Å². The minimum Gasteiger partial charge on any atom is -0.389 e. The fraction of sp³-hybridized carbons (Fsp3) is 0.750. The van der Waals surface area contributed by atoms with Crippen molar-refractivity contribution in [3.63, 3.8) is 0 Å². The number of hydrogen-bond acceptors (Lipinski definition) is 5. The van der Waals surface area contributed by atoms with Gasteiger partial charge in [-0.15, -0.1) is 0 Å². The van der Waals surface area contributed by atoms with Gasteiger partial charge in [0.25, 0.3) is 0 Å². The van der Waals surface area contributed by atoms with E-state index >= 15 is 0 Å². The van der Waals surface area contributed by atoms with Crippen molar-refractivity contribution in [1.82, 2.24) is 0 Å². The van der Waals surface area contributed by atoms with Crippen LogP contribution in [-0.2, 0) is 9.53 Å². The molecule has 5 unspecified atom stereocenters. The first-order valence-electron chi connectivity index (χ1n) is 4.25. The average Bonchev–Trinajstić information content (AvgIpc) is 2.12. The molecule has 80 valence electrons. The van der Waals surface area contributed by atoms with Gasteiger partial charge in [0.05, 0.1) is 6.10 Å². The van der Waals surface area contributed by atoms with E-state index in [-0.39, 0.29) is 0 Å². The maximum Gasteiger partial charge on any atom is 0.249 e. The molecule has 0 aromatic carbocycles. The van der Waals surface area contributed by atoms with Gasteiger partial charge in [-0.05, 0) is 6.72 Å². The molecule has 0 bridgehead atoms. The zero-order valence-electron chi connectivity index (χ0n) is 7.83. The van der Waals surface area contributed by atoms with E-state index in [1.807, 2.05) is 0 Å². The molecular formula is C8H14N2O4. The summed E-state index contributed by atoms with van der Waals surface area (Å²) in [6.45, 7) is 4.92. The average molecular weight is 202 g/mol. The van der Waals surface area contributed by atoms with E-state index in [1.165, 1.54) is 0 Å². The van der Waals surface area contributed by atoms with Crippen molar-refractivity contribution in [3.05, 3.63) is 0 Å². The molecule has 0 radical (unpaired) electrons. The van der Waals surface area contributed by atoms with Crippen molar-refractivity contribution in [3.8, 4) is 0 Å². The van der Waals surface area contributed by atoms with Crippen molar-refractivity contribution >= 4 is 12.6 Å². The van der Waals surface area contributed by atoms with Crippen LogP contribution in [0.25, 0.3) is 0 Å². The molecule has 0 aliphatic carbocycles. The van der Waals surface area contributed by atoms with Crippen LogP contribution in [0, 0.1) is 5.92 Å². The van der Waals surface area contributed by atoms with Crippen LogP contribution in [0.4, 0.5) is 0 Å². The highest BCUT2D eigenvalue weighted by atomic mass is 16.6. The molecule has 6 heteroatoms. The molecule has 6 nitrogen and oxygen atoms in total. The van der Waals surface area contributed by atoms with E-state index in [0.29, 0.717) is 0 Å². The Bertz CT molecular complexity index is 243. The van der Waals surface area contributed by atoms with Gasteiger partial charge in [0.2, 0.25) is 5.91 Å². The summed E-state index contributed by atoms with van der Waals surface area (Å²) >= 11 is 0. The van der Waals surface area contributed by atoms with Crippen LogP contribution < -0.4 is 5.73 Å². The Morgan fingerprint density at radius 2 is 2.14 bits per heavy atom. The van der Waals surface area contributed by atoms with E-state index in [4.69, 9.17) is 10.5 Å². The number of primary amides is 1. The van der Waals surface area contributed by atoms with Crippen LogP contribution in [0.5, 0.6) is 0 Å². The van der Waals surface area contributed by atoms with Crippen LogP contribution >= 0.6 is 0 Å². The minimum absolute atomic E-state index is 0.422. The first kappa shape index (κ1) is 11.1. The van der Waals surface area contributed by atoms with Crippen molar-refractivity contribution in [1.29, 1.82) is 0 Å². The Morgan fingerprint density at radius 3 is 2.57 bits per heavy atom. The second-order valence-corrected chi connectivity index (χ2v) is 3.37. The summed E-state index contributed by atoms with van der Waals surface area (Å²) in [7, 11) is 0. The number of carbonyl (C=O) groups is 1. The van der Waals surface area contributed by atoms with Crippen LogP contribution in [0.2, 0.25) is 0 Å². The van der Waals surface area contributed by atoms with Crippen molar-refractivity contribution in [2.45, 2.75) is 31.5 Å². The van der Waals surface area contributed by atoms with Crippen molar-refractivity contribution in [2.75, 3.05) is 0 Å². The van der Waals surface area contributed by atoms with Crippen molar-refractivity contribution < 1.29 is 19.7 Å². The van der Waals surface area contributed by atoms with Gasteiger partial charge in [-0.25, -0.2) is 0 Å². The smallest absolute Gasteiger partial charge is 0.249 e. The van der Waals surface area contributed by atoms with E-state index in [2.05, 4.69) is 11.7 Å². The summed E-state index contributed by atoms with van der Waals surface area (Å²) < 4.78 is 4.83. The fourth-order valence-corrected chi connectivity index (χ4v) is 1.54. The zero-order valence-corrected chi connectivity index (χ0v) is 7.83. The number of hydrogen-bond donors (Lipinski definition) is 3.